The topological polar surface area (TPSA) is 52.7 Å². The van der Waals surface area contributed by atoms with E-state index < -0.39 is 0 Å². The van der Waals surface area contributed by atoms with Gasteiger partial charge in [-0.1, -0.05) is 31.0 Å². The number of likely N-dealkylation sites (tertiary alicyclic amines) is 1. The maximum Gasteiger partial charge on any atom is 0.320 e. The standard InChI is InChI=1S/C16H21N3O2/c20-15-12-19(11-13-7-3-4-8-14(13)17-15)16(21)18-9-5-1-2-6-10-18/h3-4,7-8H,1-2,5-6,9-12H2,(H,17,20). The Labute approximate surface area is 124 Å². The highest BCUT2D eigenvalue weighted by atomic mass is 16.2. The number of urea groups is 1. The molecule has 1 aromatic rings. The molecule has 0 atom stereocenters. The number of para-hydroxylation sites is 1. The van der Waals surface area contributed by atoms with Gasteiger partial charge in [0, 0.05) is 18.8 Å². The molecule has 5 nitrogen and oxygen atoms in total. The Balaban J connectivity index is 1.78. The Kier molecular flexibility index (Phi) is 4.08. The molecule has 0 radical (unpaired) electrons. The molecular weight excluding hydrogens is 266 g/mol. The molecule has 0 unspecified atom stereocenters. The molecule has 1 fully saturated rings. The van der Waals surface area contributed by atoms with Gasteiger partial charge in [-0.05, 0) is 24.5 Å². The number of hydrogen-bond acceptors (Lipinski definition) is 2. The molecule has 21 heavy (non-hydrogen) atoms. The number of rotatable bonds is 0. The fraction of sp³-hybridized carbons (Fsp3) is 0.500. The molecule has 0 aromatic heterocycles. The smallest absolute Gasteiger partial charge is 0.320 e. The third-order valence-corrected chi connectivity index (χ3v) is 4.13. The number of fused-ring (bicyclic) bond motifs is 1. The van der Waals surface area contributed by atoms with E-state index in [2.05, 4.69) is 5.32 Å². The van der Waals surface area contributed by atoms with Gasteiger partial charge in [0.2, 0.25) is 5.91 Å². The van der Waals surface area contributed by atoms with E-state index in [1.54, 1.807) is 4.90 Å². The number of anilines is 1. The summed E-state index contributed by atoms with van der Waals surface area (Å²) < 4.78 is 0. The number of nitrogens with zero attached hydrogens (tertiary/aromatic N) is 2. The molecule has 0 spiro atoms. The van der Waals surface area contributed by atoms with Crippen LogP contribution in [0.5, 0.6) is 0 Å². The predicted molar refractivity (Wildman–Crippen MR) is 80.9 cm³/mol. The van der Waals surface area contributed by atoms with Crippen LogP contribution < -0.4 is 5.32 Å². The number of carbonyl (C=O) groups excluding carboxylic acids is 2. The van der Waals surface area contributed by atoms with E-state index in [-0.39, 0.29) is 18.5 Å². The molecule has 0 saturated carbocycles. The van der Waals surface area contributed by atoms with Crippen LogP contribution in [0.3, 0.4) is 0 Å². The Morgan fingerprint density at radius 3 is 2.43 bits per heavy atom. The van der Waals surface area contributed by atoms with E-state index >= 15 is 0 Å². The van der Waals surface area contributed by atoms with Gasteiger partial charge < -0.3 is 15.1 Å². The summed E-state index contributed by atoms with van der Waals surface area (Å²) in [5, 5.41) is 2.87. The summed E-state index contributed by atoms with van der Waals surface area (Å²) in [6, 6.07) is 7.66. The number of amides is 3. The molecule has 3 rings (SSSR count). The van der Waals surface area contributed by atoms with Crippen LogP contribution >= 0.6 is 0 Å². The van der Waals surface area contributed by atoms with E-state index in [1.165, 1.54) is 12.8 Å². The van der Waals surface area contributed by atoms with Crippen molar-refractivity contribution < 1.29 is 9.59 Å². The zero-order chi connectivity index (χ0) is 14.7. The second-order valence-corrected chi connectivity index (χ2v) is 5.75. The van der Waals surface area contributed by atoms with Gasteiger partial charge in [-0.2, -0.15) is 0 Å². The summed E-state index contributed by atoms with van der Waals surface area (Å²) >= 11 is 0. The van der Waals surface area contributed by atoms with Crippen molar-refractivity contribution in [2.24, 2.45) is 0 Å². The monoisotopic (exact) mass is 287 g/mol. The summed E-state index contributed by atoms with van der Waals surface area (Å²) in [7, 11) is 0. The summed E-state index contributed by atoms with van der Waals surface area (Å²) in [5.74, 6) is -0.122. The molecule has 2 aliphatic heterocycles. The molecule has 1 N–H and O–H groups in total. The lowest BCUT2D eigenvalue weighted by Crippen LogP contribution is -2.45. The summed E-state index contributed by atoms with van der Waals surface area (Å²) in [5.41, 5.74) is 1.81. The minimum atomic E-state index is -0.122. The van der Waals surface area contributed by atoms with Crippen molar-refractivity contribution in [3.8, 4) is 0 Å². The summed E-state index contributed by atoms with van der Waals surface area (Å²) in [4.78, 5) is 28.2. The highest BCUT2D eigenvalue weighted by Gasteiger charge is 2.26. The minimum Gasteiger partial charge on any atom is -0.325 e. The molecule has 2 heterocycles. The SMILES string of the molecule is O=C1CN(C(=O)N2CCCCCC2)Cc2ccccc2N1. The Morgan fingerprint density at radius 1 is 0.952 bits per heavy atom. The normalized spacial score (nSPS) is 19.3. The second kappa shape index (κ2) is 6.16. The van der Waals surface area contributed by atoms with E-state index in [4.69, 9.17) is 0 Å². The van der Waals surface area contributed by atoms with E-state index in [0.717, 1.165) is 37.2 Å². The number of benzene rings is 1. The lowest BCUT2D eigenvalue weighted by Gasteiger charge is -2.28. The Hall–Kier alpha value is -2.04. The van der Waals surface area contributed by atoms with Crippen molar-refractivity contribution in [1.29, 1.82) is 0 Å². The Bertz CT molecular complexity index is 536. The van der Waals surface area contributed by atoms with Crippen LogP contribution in [0.1, 0.15) is 31.2 Å². The molecular formula is C16H21N3O2. The largest absolute Gasteiger partial charge is 0.325 e. The van der Waals surface area contributed by atoms with Crippen molar-refractivity contribution in [2.75, 3.05) is 25.0 Å². The molecule has 5 heteroatoms. The third-order valence-electron chi connectivity index (χ3n) is 4.13. The zero-order valence-electron chi connectivity index (χ0n) is 12.2. The summed E-state index contributed by atoms with van der Waals surface area (Å²) in [6.45, 7) is 2.23. The van der Waals surface area contributed by atoms with Crippen LogP contribution in [0.4, 0.5) is 10.5 Å². The van der Waals surface area contributed by atoms with Gasteiger partial charge in [0.1, 0.15) is 6.54 Å². The first-order valence-corrected chi connectivity index (χ1v) is 7.65. The first-order chi connectivity index (χ1) is 10.2. The highest BCUT2D eigenvalue weighted by Crippen LogP contribution is 2.21. The van der Waals surface area contributed by atoms with Crippen LogP contribution in [-0.4, -0.2) is 41.4 Å². The molecule has 1 aromatic carbocycles. The van der Waals surface area contributed by atoms with Gasteiger partial charge in [0.15, 0.2) is 0 Å². The van der Waals surface area contributed by atoms with Gasteiger partial charge in [-0.25, -0.2) is 4.79 Å². The molecule has 0 bridgehead atoms. The minimum absolute atomic E-state index is 0.0104. The van der Waals surface area contributed by atoms with E-state index in [1.807, 2.05) is 29.2 Å². The molecule has 3 amide bonds. The van der Waals surface area contributed by atoms with Gasteiger partial charge in [0.05, 0.1) is 6.54 Å². The summed E-state index contributed by atoms with van der Waals surface area (Å²) in [6.07, 6.45) is 4.49. The van der Waals surface area contributed by atoms with Gasteiger partial charge in [-0.3, -0.25) is 4.79 Å². The van der Waals surface area contributed by atoms with Crippen LogP contribution in [0.2, 0.25) is 0 Å². The fourth-order valence-corrected chi connectivity index (χ4v) is 3.00. The predicted octanol–water partition coefficient (Wildman–Crippen LogP) is 2.44. The first-order valence-electron chi connectivity index (χ1n) is 7.65. The van der Waals surface area contributed by atoms with Gasteiger partial charge >= 0.3 is 6.03 Å². The van der Waals surface area contributed by atoms with Gasteiger partial charge in [0.25, 0.3) is 0 Å². The lowest BCUT2D eigenvalue weighted by atomic mass is 10.2. The van der Waals surface area contributed by atoms with Crippen molar-refractivity contribution in [1.82, 2.24) is 9.80 Å². The molecule has 2 aliphatic rings. The Morgan fingerprint density at radius 2 is 1.67 bits per heavy atom. The number of carbonyl (C=O) groups is 2. The quantitative estimate of drug-likeness (QED) is 0.797. The first kappa shape index (κ1) is 13.9. The van der Waals surface area contributed by atoms with Crippen LogP contribution in [0, 0.1) is 0 Å². The molecule has 112 valence electrons. The number of nitrogens with one attached hydrogen (secondary N) is 1. The maximum absolute atomic E-state index is 12.7. The van der Waals surface area contributed by atoms with Crippen molar-refractivity contribution >= 4 is 17.6 Å². The highest BCUT2D eigenvalue weighted by molar-refractivity contribution is 5.96. The molecule has 0 aliphatic carbocycles. The van der Waals surface area contributed by atoms with Crippen molar-refractivity contribution in [2.45, 2.75) is 32.2 Å². The molecule has 1 saturated heterocycles. The van der Waals surface area contributed by atoms with Crippen molar-refractivity contribution in [3.05, 3.63) is 29.8 Å². The lowest BCUT2D eigenvalue weighted by molar-refractivity contribution is -0.116. The average Bonchev–Trinajstić information content (AvgIpc) is 2.84. The fourth-order valence-electron chi connectivity index (χ4n) is 3.00. The van der Waals surface area contributed by atoms with Crippen molar-refractivity contribution in [3.63, 3.8) is 0 Å². The van der Waals surface area contributed by atoms with Gasteiger partial charge in [-0.15, -0.1) is 0 Å². The number of hydrogen-bond donors (Lipinski definition) is 1. The zero-order valence-corrected chi connectivity index (χ0v) is 12.2. The van der Waals surface area contributed by atoms with E-state index in [9.17, 15) is 9.59 Å². The third kappa shape index (κ3) is 3.17. The maximum atomic E-state index is 12.7. The second-order valence-electron chi connectivity index (χ2n) is 5.75. The van der Waals surface area contributed by atoms with Crippen LogP contribution in [0.15, 0.2) is 24.3 Å². The van der Waals surface area contributed by atoms with E-state index in [0.29, 0.717) is 6.54 Å². The average molecular weight is 287 g/mol. The van der Waals surface area contributed by atoms with Crippen LogP contribution in [-0.2, 0) is 11.3 Å². The van der Waals surface area contributed by atoms with Crippen LogP contribution in [0.25, 0.3) is 0 Å².